The van der Waals surface area contributed by atoms with Crippen LogP contribution in [0.3, 0.4) is 0 Å². The zero-order valence-corrected chi connectivity index (χ0v) is 14.3. The van der Waals surface area contributed by atoms with Gasteiger partial charge in [0.05, 0.1) is 13.0 Å². The minimum absolute atomic E-state index is 0.239. The topological polar surface area (TPSA) is 67.4 Å². The zero-order chi connectivity index (χ0) is 17.6. The van der Waals surface area contributed by atoms with Gasteiger partial charge in [-0.15, -0.1) is 0 Å². The van der Waals surface area contributed by atoms with Crippen molar-refractivity contribution in [3.63, 3.8) is 0 Å². The number of hydrogen-bond acceptors (Lipinski definition) is 3. The van der Waals surface area contributed by atoms with Gasteiger partial charge < -0.3 is 4.74 Å². The Balaban J connectivity index is 1.50. The number of nitrogens with one attached hydrogen (secondary N) is 2. The summed E-state index contributed by atoms with van der Waals surface area (Å²) < 4.78 is 5.34. The third-order valence-corrected chi connectivity index (χ3v) is 4.27. The quantitative estimate of drug-likeness (QED) is 0.824. The summed E-state index contributed by atoms with van der Waals surface area (Å²) in [6.07, 6.45) is 3.64. The van der Waals surface area contributed by atoms with Gasteiger partial charge in [-0.25, -0.2) is 0 Å². The van der Waals surface area contributed by atoms with Crippen LogP contribution in [0, 0.1) is 0 Å². The zero-order valence-electron chi connectivity index (χ0n) is 14.3. The predicted molar refractivity (Wildman–Crippen MR) is 95.4 cm³/mol. The Morgan fingerprint density at radius 3 is 2.52 bits per heavy atom. The van der Waals surface area contributed by atoms with Crippen LogP contribution in [0.25, 0.3) is 0 Å². The van der Waals surface area contributed by atoms with Gasteiger partial charge in [0.25, 0.3) is 5.91 Å². The number of aryl methyl sites for hydroxylation is 2. The molecule has 130 valence electrons. The van der Waals surface area contributed by atoms with Crippen molar-refractivity contribution in [2.75, 3.05) is 6.61 Å². The molecule has 0 bridgehead atoms. The second kappa shape index (κ2) is 7.83. The molecule has 25 heavy (non-hydrogen) atoms. The fourth-order valence-electron chi connectivity index (χ4n) is 3.03. The van der Waals surface area contributed by atoms with Gasteiger partial charge in [-0.1, -0.05) is 18.2 Å². The molecule has 2 amide bonds. The van der Waals surface area contributed by atoms with Crippen LogP contribution in [0.2, 0.25) is 0 Å². The Morgan fingerprint density at radius 1 is 1.00 bits per heavy atom. The molecule has 3 rings (SSSR count). The van der Waals surface area contributed by atoms with E-state index in [4.69, 9.17) is 4.74 Å². The molecule has 0 saturated carbocycles. The van der Waals surface area contributed by atoms with E-state index >= 15 is 0 Å². The summed E-state index contributed by atoms with van der Waals surface area (Å²) >= 11 is 0. The molecule has 2 aromatic carbocycles. The van der Waals surface area contributed by atoms with Crippen LogP contribution in [-0.4, -0.2) is 18.4 Å². The molecule has 1 aliphatic rings. The average molecular weight is 338 g/mol. The normalized spacial score (nSPS) is 12.4. The first kappa shape index (κ1) is 17.0. The maximum absolute atomic E-state index is 12.1. The minimum atomic E-state index is -0.356. The standard InChI is InChI=1S/C20H22N2O3/c1-2-25-18-10-8-16(9-11-18)20(24)22-21-19(23)13-14-6-7-15-4-3-5-17(15)12-14/h6-12H,2-5,13H2,1H3,(H,21,23)(H,22,24). The number of carbonyl (C=O) groups excluding carboxylic acids is 2. The van der Waals surface area contributed by atoms with Gasteiger partial charge in [0.1, 0.15) is 5.75 Å². The second-order valence-corrected chi connectivity index (χ2v) is 6.09. The van der Waals surface area contributed by atoms with Gasteiger partial charge in [0.2, 0.25) is 5.91 Å². The molecule has 0 fully saturated rings. The highest BCUT2D eigenvalue weighted by Gasteiger charge is 2.13. The van der Waals surface area contributed by atoms with Crippen molar-refractivity contribution in [2.24, 2.45) is 0 Å². The molecule has 0 saturated heterocycles. The van der Waals surface area contributed by atoms with E-state index in [0.717, 1.165) is 18.4 Å². The van der Waals surface area contributed by atoms with Crippen LogP contribution < -0.4 is 15.6 Å². The highest BCUT2D eigenvalue weighted by atomic mass is 16.5. The number of carbonyl (C=O) groups is 2. The predicted octanol–water partition coefficient (Wildman–Crippen LogP) is 2.58. The fraction of sp³-hybridized carbons (Fsp3) is 0.300. The second-order valence-electron chi connectivity index (χ2n) is 6.09. The van der Waals surface area contributed by atoms with Crippen molar-refractivity contribution >= 4 is 11.8 Å². The van der Waals surface area contributed by atoms with E-state index in [1.807, 2.05) is 13.0 Å². The van der Waals surface area contributed by atoms with Gasteiger partial charge in [-0.3, -0.25) is 20.4 Å². The summed E-state index contributed by atoms with van der Waals surface area (Å²) in [5, 5.41) is 0. The number of benzene rings is 2. The summed E-state index contributed by atoms with van der Waals surface area (Å²) in [4.78, 5) is 24.1. The highest BCUT2D eigenvalue weighted by Crippen LogP contribution is 2.22. The Kier molecular flexibility index (Phi) is 5.33. The first-order valence-electron chi connectivity index (χ1n) is 8.58. The first-order chi connectivity index (χ1) is 12.2. The molecule has 2 aromatic rings. The maximum Gasteiger partial charge on any atom is 0.269 e. The van der Waals surface area contributed by atoms with Gasteiger partial charge in [0.15, 0.2) is 0 Å². The third kappa shape index (κ3) is 4.38. The smallest absolute Gasteiger partial charge is 0.269 e. The van der Waals surface area contributed by atoms with Crippen molar-refractivity contribution in [2.45, 2.75) is 32.6 Å². The van der Waals surface area contributed by atoms with E-state index in [2.05, 4.69) is 23.0 Å². The summed E-state index contributed by atoms with van der Waals surface area (Å²) in [6.45, 7) is 2.47. The van der Waals surface area contributed by atoms with Crippen molar-refractivity contribution < 1.29 is 14.3 Å². The molecule has 5 heteroatoms. The number of hydrogen-bond donors (Lipinski definition) is 2. The summed E-state index contributed by atoms with van der Waals surface area (Å²) in [7, 11) is 0. The molecule has 0 aromatic heterocycles. The first-order valence-corrected chi connectivity index (χ1v) is 8.58. The van der Waals surface area contributed by atoms with Crippen LogP contribution >= 0.6 is 0 Å². The minimum Gasteiger partial charge on any atom is -0.494 e. The number of hydrazine groups is 1. The molecular weight excluding hydrogens is 316 g/mol. The van der Waals surface area contributed by atoms with Crippen LogP contribution in [0.5, 0.6) is 5.75 Å². The van der Waals surface area contributed by atoms with E-state index in [9.17, 15) is 9.59 Å². The third-order valence-electron chi connectivity index (χ3n) is 4.27. The van der Waals surface area contributed by atoms with Crippen molar-refractivity contribution in [3.05, 3.63) is 64.7 Å². The number of ether oxygens (including phenoxy) is 1. The number of amides is 2. The summed E-state index contributed by atoms with van der Waals surface area (Å²) in [6, 6.07) is 13.0. The van der Waals surface area contributed by atoms with Gasteiger partial charge >= 0.3 is 0 Å². The SMILES string of the molecule is CCOc1ccc(C(=O)NNC(=O)Cc2ccc3c(c2)CCC3)cc1. The Morgan fingerprint density at radius 2 is 1.76 bits per heavy atom. The monoisotopic (exact) mass is 338 g/mol. The lowest BCUT2D eigenvalue weighted by Gasteiger charge is -2.09. The Bertz CT molecular complexity index is 769. The van der Waals surface area contributed by atoms with Gasteiger partial charge in [0, 0.05) is 5.56 Å². The van der Waals surface area contributed by atoms with Crippen LogP contribution in [-0.2, 0) is 24.1 Å². The van der Waals surface area contributed by atoms with Crippen molar-refractivity contribution in [1.82, 2.24) is 10.9 Å². The Hall–Kier alpha value is -2.82. The Labute approximate surface area is 147 Å². The molecular formula is C20H22N2O3. The van der Waals surface area contributed by atoms with E-state index in [0.29, 0.717) is 17.9 Å². The lowest BCUT2D eigenvalue weighted by atomic mass is 10.0. The van der Waals surface area contributed by atoms with Crippen LogP contribution in [0.4, 0.5) is 0 Å². The van der Waals surface area contributed by atoms with Crippen molar-refractivity contribution in [3.8, 4) is 5.75 Å². The number of rotatable bonds is 5. The molecule has 1 aliphatic carbocycles. The van der Waals surface area contributed by atoms with E-state index < -0.39 is 0 Å². The van der Waals surface area contributed by atoms with Crippen LogP contribution in [0.1, 0.15) is 40.4 Å². The molecule has 5 nitrogen and oxygen atoms in total. The molecule has 0 unspecified atom stereocenters. The molecule has 2 N–H and O–H groups in total. The molecule has 0 spiro atoms. The largest absolute Gasteiger partial charge is 0.494 e. The van der Waals surface area contributed by atoms with E-state index in [-0.39, 0.29) is 18.2 Å². The summed E-state index contributed by atoms with van der Waals surface area (Å²) in [5.41, 5.74) is 9.06. The number of fused-ring (bicyclic) bond motifs is 1. The fourth-order valence-corrected chi connectivity index (χ4v) is 3.03. The molecule has 0 atom stereocenters. The lowest BCUT2D eigenvalue weighted by Crippen LogP contribution is -2.42. The van der Waals surface area contributed by atoms with Crippen molar-refractivity contribution in [1.29, 1.82) is 0 Å². The molecule has 0 radical (unpaired) electrons. The van der Waals surface area contributed by atoms with Gasteiger partial charge in [-0.05, 0) is 67.1 Å². The van der Waals surface area contributed by atoms with Gasteiger partial charge in [-0.2, -0.15) is 0 Å². The lowest BCUT2D eigenvalue weighted by molar-refractivity contribution is -0.121. The van der Waals surface area contributed by atoms with Crippen LogP contribution in [0.15, 0.2) is 42.5 Å². The molecule has 0 heterocycles. The molecule has 0 aliphatic heterocycles. The van der Waals surface area contributed by atoms with E-state index in [1.165, 1.54) is 17.5 Å². The highest BCUT2D eigenvalue weighted by molar-refractivity contribution is 5.95. The average Bonchev–Trinajstić information content (AvgIpc) is 3.08. The summed E-state index contributed by atoms with van der Waals surface area (Å²) in [5.74, 6) is 0.113. The van der Waals surface area contributed by atoms with E-state index in [1.54, 1.807) is 24.3 Å². The maximum atomic E-state index is 12.1.